The minimum Gasteiger partial charge on any atom is -0.457 e. The number of benzene rings is 2. The van der Waals surface area contributed by atoms with Crippen molar-refractivity contribution in [3.63, 3.8) is 0 Å². The van der Waals surface area contributed by atoms with E-state index >= 15 is 0 Å². The molecule has 0 aliphatic carbocycles. The molecule has 0 amide bonds. The number of hydrogen-bond acceptors (Lipinski definition) is 3. The molecule has 1 heterocycles. The molecule has 0 radical (unpaired) electrons. The van der Waals surface area contributed by atoms with Crippen molar-refractivity contribution in [2.24, 2.45) is 5.73 Å². The number of ether oxygens (including phenoxy) is 1. The summed E-state index contributed by atoms with van der Waals surface area (Å²) in [6.45, 7) is 5.22. The zero-order chi connectivity index (χ0) is 16.8. The Morgan fingerprint density at radius 3 is 2.62 bits per heavy atom. The molecule has 2 unspecified atom stereocenters. The van der Waals surface area contributed by atoms with Crippen molar-refractivity contribution in [1.82, 2.24) is 4.90 Å². The fraction of sp³-hybridized carbons (Fsp3) is 0.429. The summed E-state index contributed by atoms with van der Waals surface area (Å²) in [7, 11) is 0. The van der Waals surface area contributed by atoms with E-state index in [0.717, 1.165) is 18.0 Å². The average molecular weight is 324 g/mol. The Balaban J connectivity index is 1.80. The van der Waals surface area contributed by atoms with Gasteiger partial charge >= 0.3 is 0 Å². The van der Waals surface area contributed by atoms with E-state index in [1.807, 2.05) is 36.4 Å². The Labute approximate surface area is 145 Å². The molecule has 24 heavy (non-hydrogen) atoms. The molecule has 0 spiro atoms. The van der Waals surface area contributed by atoms with Gasteiger partial charge in [0.25, 0.3) is 0 Å². The predicted molar refractivity (Wildman–Crippen MR) is 99.6 cm³/mol. The van der Waals surface area contributed by atoms with Crippen LogP contribution in [0.5, 0.6) is 11.5 Å². The summed E-state index contributed by atoms with van der Waals surface area (Å²) >= 11 is 0. The Bertz CT molecular complexity index is 629. The summed E-state index contributed by atoms with van der Waals surface area (Å²) in [5.41, 5.74) is 7.48. The quantitative estimate of drug-likeness (QED) is 0.856. The molecule has 3 rings (SSSR count). The van der Waals surface area contributed by atoms with Gasteiger partial charge in [0.05, 0.1) is 0 Å². The van der Waals surface area contributed by atoms with Crippen LogP contribution in [0.3, 0.4) is 0 Å². The molecule has 3 nitrogen and oxygen atoms in total. The molecule has 2 atom stereocenters. The summed E-state index contributed by atoms with van der Waals surface area (Å²) in [4.78, 5) is 2.59. The van der Waals surface area contributed by atoms with Gasteiger partial charge < -0.3 is 15.4 Å². The zero-order valence-corrected chi connectivity index (χ0v) is 14.5. The van der Waals surface area contributed by atoms with Crippen LogP contribution in [0.15, 0.2) is 54.6 Å². The molecule has 128 valence electrons. The lowest BCUT2D eigenvalue weighted by atomic mass is 9.85. The number of piperidine rings is 1. The number of likely N-dealkylation sites (tertiary alicyclic amines) is 1. The highest BCUT2D eigenvalue weighted by Crippen LogP contribution is 2.32. The van der Waals surface area contributed by atoms with Gasteiger partial charge in [0, 0.05) is 18.5 Å². The van der Waals surface area contributed by atoms with Gasteiger partial charge in [0.15, 0.2) is 0 Å². The van der Waals surface area contributed by atoms with E-state index < -0.39 is 0 Å². The predicted octanol–water partition coefficient (Wildman–Crippen LogP) is 4.40. The molecule has 1 aliphatic heterocycles. The van der Waals surface area contributed by atoms with Crippen molar-refractivity contribution in [2.45, 2.75) is 38.1 Å². The normalized spacial score (nSPS) is 19.8. The fourth-order valence-electron chi connectivity index (χ4n) is 3.81. The topological polar surface area (TPSA) is 38.5 Å². The molecule has 2 aromatic carbocycles. The Hall–Kier alpha value is -1.84. The Morgan fingerprint density at radius 2 is 1.88 bits per heavy atom. The molecular formula is C21H28N2O. The number of nitrogens with zero attached hydrogens (tertiary/aromatic N) is 1. The van der Waals surface area contributed by atoms with Crippen LogP contribution >= 0.6 is 0 Å². The smallest absolute Gasteiger partial charge is 0.127 e. The molecule has 0 bridgehead atoms. The highest BCUT2D eigenvalue weighted by atomic mass is 16.5. The second-order valence-corrected chi connectivity index (χ2v) is 6.52. The highest BCUT2D eigenvalue weighted by Gasteiger charge is 2.29. The molecular weight excluding hydrogens is 296 g/mol. The van der Waals surface area contributed by atoms with Gasteiger partial charge in [-0.1, -0.05) is 43.7 Å². The van der Waals surface area contributed by atoms with Crippen molar-refractivity contribution in [1.29, 1.82) is 0 Å². The molecule has 1 fully saturated rings. The number of likely N-dealkylation sites (N-methyl/N-ethyl adjacent to an activating group) is 1. The van der Waals surface area contributed by atoms with E-state index in [-0.39, 0.29) is 0 Å². The Kier molecular flexibility index (Phi) is 5.89. The van der Waals surface area contributed by atoms with Crippen LogP contribution in [-0.2, 0) is 0 Å². The van der Waals surface area contributed by atoms with Crippen LogP contribution in [0, 0.1) is 0 Å². The molecule has 1 saturated heterocycles. The maximum Gasteiger partial charge on any atom is 0.127 e. The first-order valence-corrected chi connectivity index (χ1v) is 9.08. The molecule has 2 aromatic rings. The number of nitrogens with two attached hydrogens (primary N) is 1. The lowest BCUT2D eigenvalue weighted by Crippen LogP contribution is -2.45. The van der Waals surface area contributed by atoms with Crippen molar-refractivity contribution < 1.29 is 4.74 Å². The van der Waals surface area contributed by atoms with Crippen LogP contribution in [0.2, 0.25) is 0 Å². The third-order valence-electron chi connectivity index (χ3n) is 5.05. The zero-order valence-electron chi connectivity index (χ0n) is 14.5. The number of hydrogen-bond donors (Lipinski definition) is 1. The average Bonchev–Trinajstić information content (AvgIpc) is 2.64. The third-order valence-corrected chi connectivity index (χ3v) is 5.05. The van der Waals surface area contributed by atoms with Gasteiger partial charge in [0.2, 0.25) is 0 Å². The van der Waals surface area contributed by atoms with Crippen LogP contribution in [0.25, 0.3) is 0 Å². The second-order valence-electron chi connectivity index (χ2n) is 6.52. The second kappa shape index (κ2) is 8.32. The standard InChI is InChI=1S/C21H28N2O/c1-2-23-14-7-6-13-21(23)20(16-22)17-9-8-12-19(15-17)24-18-10-4-3-5-11-18/h3-5,8-12,15,20-21H,2,6-7,13-14,16,22H2,1H3. The minimum absolute atomic E-state index is 0.365. The largest absolute Gasteiger partial charge is 0.457 e. The monoisotopic (exact) mass is 324 g/mol. The van der Waals surface area contributed by atoms with Gasteiger partial charge in [-0.05, 0) is 55.8 Å². The number of rotatable bonds is 6. The van der Waals surface area contributed by atoms with E-state index in [2.05, 4.69) is 30.0 Å². The van der Waals surface area contributed by atoms with Gasteiger partial charge in [0.1, 0.15) is 11.5 Å². The molecule has 0 saturated carbocycles. The van der Waals surface area contributed by atoms with Gasteiger partial charge in [-0.3, -0.25) is 0 Å². The van der Waals surface area contributed by atoms with Gasteiger partial charge in [-0.25, -0.2) is 0 Å². The van der Waals surface area contributed by atoms with Gasteiger partial charge in [-0.15, -0.1) is 0 Å². The summed E-state index contributed by atoms with van der Waals surface area (Å²) in [5, 5.41) is 0. The van der Waals surface area contributed by atoms with Crippen molar-refractivity contribution in [3.05, 3.63) is 60.2 Å². The fourth-order valence-corrected chi connectivity index (χ4v) is 3.81. The van der Waals surface area contributed by atoms with Crippen LogP contribution in [0.4, 0.5) is 0 Å². The van der Waals surface area contributed by atoms with Crippen molar-refractivity contribution >= 4 is 0 Å². The van der Waals surface area contributed by atoms with E-state index in [1.54, 1.807) is 0 Å². The Morgan fingerprint density at radius 1 is 1.08 bits per heavy atom. The first-order valence-electron chi connectivity index (χ1n) is 9.08. The molecule has 2 N–H and O–H groups in total. The first kappa shape index (κ1) is 17.0. The van der Waals surface area contributed by atoms with E-state index in [0.29, 0.717) is 18.5 Å². The first-order chi connectivity index (χ1) is 11.8. The number of para-hydroxylation sites is 1. The van der Waals surface area contributed by atoms with Crippen molar-refractivity contribution in [3.8, 4) is 11.5 Å². The third kappa shape index (κ3) is 3.97. The summed E-state index contributed by atoms with van der Waals surface area (Å²) in [6, 6.07) is 18.9. The van der Waals surface area contributed by atoms with Crippen LogP contribution < -0.4 is 10.5 Å². The minimum atomic E-state index is 0.365. The van der Waals surface area contributed by atoms with E-state index in [9.17, 15) is 0 Å². The van der Waals surface area contributed by atoms with Crippen molar-refractivity contribution in [2.75, 3.05) is 19.6 Å². The van der Waals surface area contributed by atoms with Crippen LogP contribution in [-0.4, -0.2) is 30.6 Å². The molecule has 1 aliphatic rings. The molecule has 3 heteroatoms. The lowest BCUT2D eigenvalue weighted by Gasteiger charge is -2.40. The lowest BCUT2D eigenvalue weighted by molar-refractivity contribution is 0.134. The maximum atomic E-state index is 6.19. The van der Waals surface area contributed by atoms with E-state index in [1.165, 1.54) is 31.4 Å². The van der Waals surface area contributed by atoms with E-state index in [4.69, 9.17) is 10.5 Å². The molecule has 0 aromatic heterocycles. The summed E-state index contributed by atoms with van der Waals surface area (Å²) < 4.78 is 6.00. The van der Waals surface area contributed by atoms with Gasteiger partial charge in [-0.2, -0.15) is 0 Å². The maximum absolute atomic E-state index is 6.19. The summed E-state index contributed by atoms with van der Waals surface area (Å²) in [6.07, 6.45) is 3.84. The van der Waals surface area contributed by atoms with Crippen LogP contribution in [0.1, 0.15) is 37.7 Å². The highest BCUT2D eigenvalue weighted by molar-refractivity contribution is 5.36. The SMILES string of the molecule is CCN1CCCCC1C(CN)c1cccc(Oc2ccccc2)c1. The summed E-state index contributed by atoms with van der Waals surface area (Å²) in [5.74, 6) is 2.12.